The summed E-state index contributed by atoms with van der Waals surface area (Å²) >= 11 is 0. The molecule has 0 amide bonds. The van der Waals surface area contributed by atoms with E-state index in [4.69, 9.17) is 9.72 Å². The lowest BCUT2D eigenvalue weighted by molar-refractivity contribution is 0.0360. The highest BCUT2D eigenvalue weighted by atomic mass is 19.1. The van der Waals surface area contributed by atoms with Crippen molar-refractivity contribution in [2.45, 2.75) is 20.0 Å². The van der Waals surface area contributed by atoms with Gasteiger partial charge in [0.2, 0.25) is 0 Å². The quantitative estimate of drug-likeness (QED) is 0.294. The number of halogens is 2. The molecule has 1 aliphatic rings. The Morgan fingerprint density at radius 1 is 0.927 bits per heavy atom. The van der Waals surface area contributed by atoms with Crippen LogP contribution >= 0.6 is 0 Å². The number of nitrogens with zero attached hydrogens (tertiary/aromatic N) is 9. The van der Waals surface area contributed by atoms with E-state index in [0.29, 0.717) is 22.7 Å². The topological polar surface area (TPSA) is 91.7 Å². The van der Waals surface area contributed by atoms with Crippen LogP contribution in [-0.4, -0.2) is 76.6 Å². The van der Waals surface area contributed by atoms with Crippen LogP contribution in [0.25, 0.3) is 39.3 Å². The molecule has 7 rings (SSSR count). The molecule has 5 aromatic heterocycles. The molecule has 0 bridgehead atoms. The summed E-state index contributed by atoms with van der Waals surface area (Å²) < 4.78 is 38.9. The van der Waals surface area contributed by atoms with Crippen LogP contribution in [0, 0.1) is 18.6 Å². The Kier molecular flexibility index (Phi) is 6.48. The first kappa shape index (κ1) is 25.4. The van der Waals surface area contributed by atoms with E-state index in [0.717, 1.165) is 73.4 Å². The van der Waals surface area contributed by atoms with E-state index >= 15 is 0 Å². The zero-order valence-corrected chi connectivity index (χ0v) is 22.4. The van der Waals surface area contributed by atoms with Crippen molar-refractivity contribution in [2.24, 2.45) is 0 Å². The third-order valence-electron chi connectivity index (χ3n) is 7.39. The van der Waals surface area contributed by atoms with Crippen molar-refractivity contribution in [1.29, 1.82) is 0 Å². The van der Waals surface area contributed by atoms with Gasteiger partial charge in [0.05, 0.1) is 55.2 Å². The minimum absolute atomic E-state index is 0.258. The van der Waals surface area contributed by atoms with Crippen LogP contribution in [0.1, 0.15) is 11.4 Å². The number of hydrogen-bond acceptors (Lipinski definition) is 7. The van der Waals surface area contributed by atoms with Crippen molar-refractivity contribution in [3.63, 3.8) is 0 Å². The molecule has 1 aromatic carbocycles. The lowest BCUT2D eigenvalue weighted by atomic mass is 10.2. The predicted octanol–water partition coefficient (Wildman–Crippen LogP) is 4.00. The van der Waals surface area contributed by atoms with E-state index in [1.807, 2.05) is 51.5 Å². The second-order valence-corrected chi connectivity index (χ2v) is 10.2. The van der Waals surface area contributed by atoms with Gasteiger partial charge in [0.15, 0.2) is 11.3 Å². The van der Waals surface area contributed by atoms with Gasteiger partial charge in [0.25, 0.3) is 0 Å². The summed E-state index contributed by atoms with van der Waals surface area (Å²) in [5.74, 6) is -0.534. The van der Waals surface area contributed by atoms with E-state index in [1.54, 1.807) is 12.4 Å². The average Bonchev–Trinajstić information content (AvgIpc) is 3.69. The summed E-state index contributed by atoms with van der Waals surface area (Å²) in [4.78, 5) is 21.1. The van der Waals surface area contributed by atoms with E-state index in [-0.39, 0.29) is 6.54 Å². The van der Waals surface area contributed by atoms with Gasteiger partial charge in [-0.15, -0.1) is 0 Å². The van der Waals surface area contributed by atoms with E-state index < -0.39 is 11.6 Å². The van der Waals surface area contributed by atoms with Crippen LogP contribution < -0.4 is 0 Å². The average molecular weight is 556 g/mol. The summed E-state index contributed by atoms with van der Waals surface area (Å²) in [6.07, 6.45) is 9.20. The molecule has 1 saturated heterocycles. The number of ether oxygens (including phenoxy) is 1. The summed E-state index contributed by atoms with van der Waals surface area (Å²) in [6, 6.07) is 7.38. The Balaban J connectivity index is 1.19. The summed E-state index contributed by atoms with van der Waals surface area (Å²) in [5.41, 5.74) is 5.60. The number of fused-ring (bicyclic) bond motifs is 2. The number of hydrogen-bond donors (Lipinski definition) is 0. The molecule has 0 aliphatic carbocycles. The largest absolute Gasteiger partial charge is 0.379 e. The lowest BCUT2D eigenvalue weighted by Gasteiger charge is -2.26. The van der Waals surface area contributed by atoms with Gasteiger partial charge in [-0.25, -0.2) is 23.7 Å². The Morgan fingerprint density at radius 3 is 2.59 bits per heavy atom. The maximum atomic E-state index is 13.8. The standard InChI is InChI=1S/C29H27F2N9O/c1-19-35-28-27(40(19)17-20-10-22(30)12-23(31)11-20)13-24(15-33-28)39-3-2-25-29(39)36-26(16-32-25)21-14-34-38(18-21)5-4-37-6-8-41-9-7-37/h2-3,10-16,18H,4-9,17H2,1H3. The molecular formula is C29H27F2N9O. The fourth-order valence-electron chi connectivity index (χ4n) is 5.26. The molecule has 1 fully saturated rings. The van der Waals surface area contributed by atoms with Crippen LogP contribution in [0.3, 0.4) is 0 Å². The maximum absolute atomic E-state index is 13.8. The zero-order chi connectivity index (χ0) is 27.9. The number of aromatic nitrogens is 8. The van der Waals surface area contributed by atoms with Crippen LogP contribution in [0.15, 0.2) is 61.3 Å². The van der Waals surface area contributed by atoms with Crippen molar-refractivity contribution >= 4 is 22.3 Å². The van der Waals surface area contributed by atoms with Crippen molar-refractivity contribution in [3.8, 4) is 16.9 Å². The molecule has 41 heavy (non-hydrogen) atoms. The molecule has 10 nitrogen and oxygen atoms in total. The Hall–Kier alpha value is -4.55. The van der Waals surface area contributed by atoms with Gasteiger partial charge in [0.1, 0.15) is 23.0 Å². The summed E-state index contributed by atoms with van der Waals surface area (Å²) in [7, 11) is 0. The number of morpholine rings is 1. The highest BCUT2D eigenvalue weighted by Gasteiger charge is 2.15. The number of rotatable bonds is 7. The van der Waals surface area contributed by atoms with Crippen LogP contribution in [0.4, 0.5) is 8.78 Å². The van der Waals surface area contributed by atoms with E-state index in [2.05, 4.69) is 25.0 Å². The maximum Gasteiger partial charge on any atom is 0.178 e. The van der Waals surface area contributed by atoms with E-state index in [9.17, 15) is 8.78 Å². The molecule has 208 valence electrons. The fraction of sp³-hybridized carbons (Fsp3) is 0.276. The first-order valence-corrected chi connectivity index (χ1v) is 13.5. The molecule has 0 unspecified atom stereocenters. The normalized spacial score (nSPS) is 14.4. The second kappa shape index (κ2) is 10.5. The molecule has 0 N–H and O–H groups in total. The molecule has 0 spiro atoms. The predicted molar refractivity (Wildman–Crippen MR) is 149 cm³/mol. The van der Waals surface area contributed by atoms with Crippen molar-refractivity contribution < 1.29 is 13.5 Å². The monoisotopic (exact) mass is 555 g/mol. The second-order valence-electron chi connectivity index (χ2n) is 10.2. The molecule has 0 radical (unpaired) electrons. The Bertz CT molecular complexity index is 1850. The summed E-state index contributed by atoms with van der Waals surface area (Å²) in [5, 5.41) is 4.53. The van der Waals surface area contributed by atoms with Gasteiger partial charge < -0.3 is 9.30 Å². The SMILES string of the molecule is Cc1nc2ncc(-n3ccc4ncc(-c5cnn(CCN6CCOCC6)c5)nc43)cc2n1Cc1cc(F)cc(F)c1. The first-order valence-electron chi connectivity index (χ1n) is 13.5. The molecule has 0 saturated carbocycles. The third kappa shape index (κ3) is 5.07. The number of imidazole rings is 1. The van der Waals surface area contributed by atoms with Crippen molar-refractivity contribution in [2.75, 3.05) is 32.8 Å². The van der Waals surface area contributed by atoms with Gasteiger partial charge in [-0.05, 0) is 36.8 Å². The van der Waals surface area contributed by atoms with Gasteiger partial charge in [-0.3, -0.25) is 19.1 Å². The minimum Gasteiger partial charge on any atom is -0.379 e. The fourth-order valence-corrected chi connectivity index (χ4v) is 5.26. The number of aryl methyl sites for hydroxylation is 1. The van der Waals surface area contributed by atoms with E-state index in [1.165, 1.54) is 12.1 Å². The number of benzene rings is 1. The smallest absolute Gasteiger partial charge is 0.178 e. The lowest BCUT2D eigenvalue weighted by Crippen LogP contribution is -2.38. The Labute approximate surface area is 233 Å². The van der Waals surface area contributed by atoms with Crippen molar-refractivity contribution in [3.05, 3.63) is 84.3 Å². The number of pyridine rings is 1. The van der Waals surface area contributed by atoms with Gasteiger partial charge in [0, 0.05) is 50.2 Å². The highest BCUT2D eigenvalue weighted by molar-refractivity contribution is 5.79. The zero-order valence-electron chi connectivity index (χ0n) is 22.4. The first-order chi connectivity index (χ1) is 20.0. The molecule has 6 heterocycles. The highest BCUT2D eigenvalue weighted by Crippen LogP contribution is 2.25. The summed E-state index contributed by atoms with van der Waals surface area (Å²) in [6.45, 7) is 7.24. The molecule has 1 aliphatic heterocycles. The molecule has 12 heteroatoms. The third-order valence-corrected chi connectivity index (χ3v) is 7.39. The minimum atomic E-state index is -0.614. The molecular weight excluding hydrogens is 528 g/mol. The van der Waals surface area contributed by atoms with Crippen molar-refractivity contribution in [1.82, 2.24) is 43.8 Å². The van der Waals surface area contributed by atoms with Crippen LogP contribution in [0.2, 0.25) is 0 Å². The Morgan fingerprint density at radius 2 is 1.76 bits per heavy atom. The van der Waals surface area contributed by atoms with Crippen LogP contribution in [0.5, 0.6) is 0 Å². The van der Waals surface area contributed by atoms with Gasteiger partial charge >= 0.3 is 0 Å². The molecule has 0 atom stereocenters. The van der Waals surface area contributed by atoms with Gasteiger partial charge in [-0.2, -0.15) is 5.10 Å². The van der Waals surface area contributed by atoms with Crippen LogP contribution in [-0.2, 0) is 17.8 Å². The van der Waals surface area contributed by atoms with Gasteiger partial charge in [-0.1, -0.05) is 0 Å². The molecule has 6 aromatic rings.